The average molecular weight is 519 g/mol. The smallest absolute Gasteiger partial charge is 0.376 e. The van der Waals surface area contributed by atoms with Gasteiger partial charge in [-0.15, -0.1) is 0 Å². The summed E-state index contributed by atoms with van der Waals surface area (Å²) < 4.78 is 77.8. The Morgan fingerprint density at radius 1 is 1.30 bits per heavy atom. The molecule has 10 heteroatoms. The van der Waals surface area contributed by atoms with Gasteiger partial charge in [-0.05, 0) is 43.0 Å². The van der Waals surface area contributed by atoms with Gasteiger partial charge in [-0.2, -0.15) is 21.6 Å². The summed E-state index contributed by atoms with van der Waals surface area (Å²) in [7, 11) is -5.65. The number of rotatable bonds is 6. The second-order valence-corrected chi connectivity index (χ2v) is 9.64. The maximum Gasteiger partial charge on any atom is 0.534 e. The average Bonchev–Trinajstić information content (AvgIpc) is 2.59. The summed E-state index contributed by atoms with van der Waals surface area (Å²) in [6, 6.07) is 5.39. The van der Waals surface area contributed by atoms with Crippen LogP contribution in [0.25, 0.3) is 0 Å². The second kappa shape index (κ2) is 9.95. The van der Waals surface area contributed by atoms with E-state index in [1.165, 1.54) is 24.3 Å². The molecule has 0 saturated carbocycles. The van der Waals surface area contributed by atoms with Gasteiger partial charge in [-0.25, -0.2) is 0 Å². The van der Waals surface area contributed by atoms with E-state index in [9.17, 15) is 21.6 Å². The fraction of sp³-hybridized carbons (Fsp3) is 0.529. The van der Waals surface area contributed by atoms with Gasteiger partial charge >= 0.3 is 36.8 Å². The largest absolute Gasteiger partial charge is 0.534 e. The third-order valence-corrected chi connectivity index (χ3v) is 6.56. The maximum absolute atomic E-state index is 12.3. The van der Waals surface area contributed by atoms with Crippen LogP contribution >= 0.6 is 0 Å². The van der Waals surface area contributed by atoms with E-state index in [-0.39, 0.29) is 12.0 Å². The van der Waals surface area contributed by atoms with Crippen molar-refractivity contribution in [2.75, 3.05) is 13.2 Å². The topological polar surface area (TPSA) is 61.8 Å². The van der Waals surface area contributed by atoms with E-state index < -0.39 is 36.8 Å². The second-order valence-electron chi connectivity index (χ2n) is 5.78. The molecule has 1 fully saturated rings. The first-order valence-corrected chi connectivity index (χ1v) is 11.7. The van der Waals surface area contributed by atoms with E-state index in [0.717, 1.165) is 23.0 Å². The minimum Gasteiger partial charge on any atom is -0.376 e. The van der Waals surface area contributed by atoms with Crippen LogP contribution < -0.4 is 25.4 Å². The first-order chi connectivity index (χ1) is 12.7. The predicted molar refractivity (Wildman–Crippen MR) is 87.2 cm³/mol. The highest BCUT2D eigenvalue weighted by Crippen LogP contribution is 2.26. The SMILES string of the molecule is C[C@H]1CCCO[C@H]1OCCC#C[I+]c1ccc(OS(=O)(=O)C(F)(F)F)cc1. The number of ether oxygens (including phenoxy) is 2. The normalized spacial score (nSPS) is 20.6. The molecule has 2 rings (SSSR count). The summed E-state index contributed by atoms with van der Waals surface area (Å²) in [5.41, 5.74) is -5.45. The molecule has 0 bridgehead atoms. The summed E-state index contributed by atoms with van der Waals surface area (Å²) >= 11 is -0.661. The molecular weight excluding hydrogens is 500 g/mol. The molecule has 1 aromatic carbocycles. The molecule has 5 nitrogen and oxygen atoms in total. The zero-order valence-corrected chi connectivity index (χ0v) is 17.4. The third kappa shape index (κ3) is 7.14. The minimum absolute atomic E-state index is 0.171. The van der Waals surface area contributed by atoms with Crippen LogP contribution in [-0.4, -0.2) is 33.4 Å². The van der Waals surface area contributed by atoms with Crippen LogP contribution in [0.4, 0.5) is 13.2 Å². The fourth-order valence-corrected chi connectivity index (χ4v) is 4.16. The van der Waals surface area contributed by atoms with Crippen molar-refractivity contribution < 1.29 is 56.5 Å². The number of hydrogen-bond donors (Lipinski definition) is 0. The van der Waals surface area contributed by atoms with Crippen LogP contribution in [0.5, 0.6) is 5.75 Å². The predicted octanol–water partition coefficient (Wildman–Crippen LogP) is 0.314. The molecule has 0 aromatic heterocycles. The lowest BCUT2D eigenvalue weighted by Gasteiger charge is -2.28. The molecule has 1 aliphatic heterocycles. The van der Waals surface area contributed by atoms with Crippen molar-refractivity contribution in [2.45, 2.75) is 38.0 Å². The van der Waals surface area contributed by atoms with Crippen LogP contribution in [0.1, 0.15) is 26.2 Å². The Kier molecular flexibility index (Phi) is 8.20. The monoisotopic (exact) mass is 519 g/mol. The first-order valence-electron chi connectivity index (χ1n) is 8.15. The summed E-state index contributed by atoms with van der Waals surface area (Å²) in [5, 5.41) is 0. The van der Waals surface area contributed by atoms with Gasteiger partial charge in [0.2, 0.25) is 3.57 Å². The highest BCUT2D eigenvalue weighted by molar-refractivity contribution is 7.88. The van der Waals surface area contributed by atoms with Crippen LogP contribution in [0.2, 0.25) is 0 Å². The lowest BCUT2D eigenvalue weighted by Crippen LogP contribution is -3.59. The van der Waals surface area contributed by atoms with Gasteiger partial charge < -0.3 is 13.7 Å². The van der Waals surface area contributed by atoms with Gasteiger partial charge in [-0.1, -0.05) is 6.92 Å². The molecule has 0 N–H and O–H groups in total. The van der Waals surface area contributed by atoms with Crippen molar-refractivity contribution in [3.63, 3.8) is 0 Å². The molecule has 0 amide bonds. The summed E-state index contributed by atoms with van der Waals surface area (Å²) in [4.78, 5) is 0. The van der Waals surface area contributed by atoms with Gasteiger partial charge in [0, 0.05) is 18.9 Å². The molecule has 1 aliphatic rings. The Morgan fingerprint density at radius 3 is 2.63 bits per heavy atom. The Balaban J connectivity index is 1.75. The van der Waals surface area contributed by atoms with Gasteiger partial charge in [-0.3, -0.25) is 0 Å². The molecule has 1 saturated heterocycles. The lowest BCUT2D eigenvalue weighted by atomic mass is 10.0. The van der Waals surface area contributed by atoms with Gasteiger partial charge in [0.15, 0.2) is 10.2 Å². The number of alkyl halides is 3. The molecule has 27 heavy (non-hydrogen) atoms. The molecule has 1 heterocycles. The van der Waals surface area contributed by atoms with Crippen molar-refractivity contribution >= 4 is 10.1 Å². The van der Waals surface area contributed by atoms with Crippen LogP contribution in [0.3, 0.4) is 0 Å². The number of hydrogen-bond acceptors (Lipinski definition) is 5. The molecule has 1 aromatic rings. The highest BCUT2D eigenvalue weighted by atomic mass is 127. The molecule has 0 unspecified atom stereocenters. The Bertz CT molecular complexity index is 768. The quantitative estimate of drug-likeness (QED) is 0.178. The Morgan fingerprint density at radius 2 is 2.00 bits per heavy atom. The molecule has 150 valence electrons. The standard InChI is InChI=1S/C17H19F3IO5S/c1-13-5-4-12-25-16(13)24-11-3-2-10-21-14-6-8-15(9-7-14)26-27(22,23)17(18,19)20/h6-9,13,16H,3-5,11-12H2,1H3/q+1/t13-,16+/m0/s1. The molecule has 0 aliphatic carbocycles. The van der Waals surface area contributed by atoms with Crippen LogP contribution in [0, 0.1) is 19.3 Å². The zero-order valence-electron chi connectivity index (χ0n) is 14.5. The Labute approximate surface area is 166 Å². The summed E-state index contributed by atoms with van der Waals surface area (Å²) in [6.07, 6.45) is 2.54. The molecule has 0 spiro atoms. The summed E-state index contributed by atoms with van der Waals surface area (Å²) in [5.74, 6) is 2.99. The minimum atomic E-state index is -5.65. The van der Waals surface area contributed by atoms with Crippen molar-refractivity contribution in [3.8, 4) is 15.6 Å². The van der Waals surface area contributed by atoms with Crippen molar-refractivity contribution in [1.29, 1.82) is 0 Å². The number of benzene rings is 1. The van der Waals surface area contributed by atoms with E-state index >= 15 is 0 Å². The fourth-order valence-electron chi connectivity index (χ4n) is 2.21. The van der Waals surface area contributed by atoms with Crippen molar-refractivity contribution in [2.24, 2.45) is 5.92 Å². The number of halogens is 4. The van der Waals surface area contributed by atoms with Crippen LogP contribution in [-0.2, 0) is 19.6 Å². The molecule has 2 atom stereocenters. The van der Waals surface area contributed by atoms with Gasteiger partial charge in [0.25, 0.3) is 0 Å². The van der Waals surface area contributed by atoms with Crippen molar-refractivity contribution in [1.82, 2.24) is 0 Å². The maximum atomic E-state index is 12.3. The molecular formula is C17H19F3IO5S+. The molecule has 0 radical (unpaired) electrons. The van der Waals surface area contributed by atoms with E-state index in [4.69, 9.17) is 9.47 Å². The van der Waals surface area contributed by atoms with E-state index in [1.807, 2.05) is 0 Å². The summed E-state index contributed by atoms with van der Waals surface area (Å²) in [6.45, 7) is 3.29. The first kappa shape index (κ1) is 22.3. The van der Waals surface area contributed by atoms with E-state index in [2.05, 4.69) is 21.0 Å². The third-order valence-electron chi connectivity index (χ3n) is 3.59. The van der Waals surface area contributed by atoms with E-state index in [1.54, 1.807) is 0 Å². The zero-order chi connectivity index (χ0) is 19.9. The Hall–Kier alpha value is -1.03. The van der Waals surface area contributed by atoms with Crippen LogP contribution in [0.15, 0.2) is 24.3 Å². The van der Waals surface area contributed by atoms with E-state index in [0.29, 0.717) is 18.9 Å². The lowest BCUT2D eigenvalue weighted by molar-refractivity contribution is -0.535. The van der Waals surface area contributed by atoms with Crippen molar-refractivity contribution in [3.05, 3.63) is 27.8 Å². The highest BCUT2D eigenvalue weighted by Gasteiger charge is 2.48. The van der Waals surface area contributed by atoms with Gasteiger partial charge in [0.05, 0.1) is 6.61 Å². The van der Waals surface area contributed by atoms with Gasteiger partial charge in [0.1, 0.15) is 5.75 Å².